The number of halogens is 3. The number of carboxylic acid groups (broad SMARTS) is 1. The fourth-order valence-electron chi connectivity index (χ4n) is 3.71. The van der Waals surface area contributed by atoms with Gasteiger partial charge in [-0.2, -0.15) is 0 Å². The molecule has 0 unspecified atom stereocenters. The molecule has 1 heterocycles. The molecule has 0 fully saturated rings. The van der Waals surface area contributed by atoms with Crippen molar-refractivity contribution in [1.29, 1.82) is 0 Å². The maximum absolute atomic E-state index is 14.2. The van der Waals surface area contributed by atoms with Crippen LogP contribution in [-0.4, -0.2) is 26.7 Å². The van der Waals surface area contributed by atoms with Gasteiger partial charge < -0.3 is 10.2 Å². The van der Waals surface area contributed by atoms with Gasteiger partial charge in [-0.05, 0) is 43.2 Å². The van der Waals surface area contributed by atoms with E-state index in [1.807, 2.05) is 6.92 Å². The molecule has 2 aromatic carbocycles. The largest absolute Gasteiger partial charge is 0.505 e. The summed E-state index contributed by atoms with van der Waals surface area (Å²) >= 11 is 12.0. The van der Waals surface area contributed by atoms with Crippen molar-refractivity contribution in [2.75, 3.05) is 0 Å². The summed E-state index contributed by atoms with van der Waals surface area (Å²) in [4.78, 5) is 25.3. The van der Waals surface area contributed by atoms with Crippen LogP contribution < -0.4 is 0 Å². The number of nitrogens with zero attached hydrogens (tertiary/aromatic N) is 1. The van der Waals surface area contributed by atoms with Gasteiger partial charge in [0, 0.05) is 22.7 Å². The molecule has 0 aliphatic rings. The number of benzene rings is 2. The number of phenolic OH excluding ortho intramolecular Hbond substituents is 1. The molecule has 1 aromatic heterocycles. The number of aliphatic carboxylic acids is 1. The summed E-state index contributed by atoms with van der Waals surface area (Å²) in [5.41, 5.74) is 1.14. The second kappa shape index (κ2) is 8.66. The Morgan fingerprint density at radius 1 is 1.17 bits per heavy atom. The van der Waals surface area contributed by atoms with Crippen molar-refractivity contribution >= 4 is 46.0 Å². The predicted molar refractivity (Wildman–Crippen MR) is 114 cm³/mol. The maximum atomic E-state index is 14.2. The summed E-state index contributed by atoms with van der Waals surface area (Å²) in [5, 5.41) is 20.5. The van der Waals surface area contributed by atoms with Crippen LogP contribution in [0.5, 0.6) is 5.75 Å². The molecule has 30 heavy (non-hydrogen) atoms. The fourth-order valence-corrected chi connectivity index (χ4v) is 4.01. The van der Waals surface area contributed by atoms with E-state index in [0.29, 0.717) is 29.5 Å². The van der Waals surface area contributed by atoms with Gasteiger partial charge in [0.05, 0.1) is 21.5 Å². The molecule has 0 saturated heterocycles. The monoisotopic (exact) mass is 451 g/mol. The van der Waals surface area contributed by atoms with Gasteiger partial charge in [-0.25, -0.2) is 4.39 Å². The molecule has 0 aliphatic carbocycles. The Kier molecular flexibility index (Phi) is 6.38. The minimum absolute atomic E-state index is 0.177. The van der Waals surface area contributed by atoms with Crippen LogP contribution in [0.1, 0.15) is 53.7 Å². The van der Waals surface area contributed by atoms with E-state index in [1.165, 1.54) is 28.8 Å². The number of fused-ring (bicyclic) bond motifs is 1. The smallest absolute Gasteiger partial charge is 0.311 e. The Labute approximate surface area is 182 Å². The number of carbonyl (C=O) groups is 2. The lowest BCUT2D eigenvalue weighted by atomic mass is 9.91. The van der Waals surface area contributed by atoms with Crippen LogP contribution in [-0.2, 0) is 4.79 Å². The van der Waals surface area contributed by atoms with E-state index in [-0.39, 0.29) is 21.1 Å². The minimum Gasteiger partial charge on any atom is -0.505 e. The van der Waals surface area contributed by atoms with E-state index in [1.54, 1.807) is 6.92 Å². The number of aromatic nitrogens is 1. The highest BCUT2D eigenvalue weighted by Gasteiger charge is 2.30. The number of phenols is 1. The molecule has 0 amide bonds. The molecule has 0 spiro atoms. The molecule has 5 nitrogen and oxygen atoms in total. The summed E-state index contributed by atoms with van der Waals surface area (Å²) in [5.74, 6) is -3.97. The fraction of sp³-hybridized carbons (Fsp3) is 0.273. The first kappa shape index (κ1) is 22.1. The SMILES string of the molecule is CCCC[C@H](C(=O)O)c1c(C)n(C(=O)c2ccc(Cl)c(Cl)c2)c2cc(F)c(O)cc12. The van der Waals surface area contributed by atoms with Gasteiger partial charge in [-0.3, -0.25) is 14.2 Å². The van der Waals surface area contributed by atoms with Crippen LogP contribution in [0.25, 0.3) is 10.9 Å². The van der Waals surface area contributed by atoms with Crippen LogP contribution in [0, 0.1) is 12.7 Å². The van der Waals surface area contributed by atoms with Crippen molar-refractivity contribution in [2.45, 2.75) is 39.0 Å². The summed E-state index contributed by atoms with van der Waals surface area (Å²) in [6.07, 6.45) is 1.81. The van der Waals surface area contributed by atoms with Crippen LogP contribution in [0.2, 0.25) is 10.0 Å². The van der Waals surface area contributed by atoms with Crippen molar-refractivity contribution in [2.24, 2.45) is 0 Å². The molecule has 0 radical (unpaired) electrons. The Balaban J connectivity index is 2.30. The number of hydrogen-bond donors (Lipinski definition) is 2. The van der Waals surface area contributed by atoms with E-state index in [2.05, 4.69) is 0 Å². The average Bonchev–Trinajstić information content (AvgIpc) is 2.95. The predicted octanol–water partition coefficient (Wildman–Crippen LogP) is 6.15. The topological polar surface area (TPSA) is 79.5 Å². The normalized spacial score (nSPS) is 12.3. The highest BCUT2D eigenvalue weighted by atomic mass is 35.5. The quantitative estimate of drug-likeness (QED) is 0.470. The van der Waals surface area contributed by atoms with Gasteiger partial charge in [0.25, 0.3) is 5.91 Å². The molecular formula is C22H20Cl2FNO4. The van der Waals surface area contributed by atoms with Crippen molar-refractivity contribution < 1.29 is 24.2 Å². The van der Waals surface area contributed by atoms with E-state index in [0.717, 1.165) is 12.5 Å². The molecule has 0 aliphatic heterocycles. The molecule has 3 rings (SSSR count). The van der Waals surface area contributed by atoms with Gasteiger partial charge >= 0.3 is 5.97 Å². The summed E-state index contributed by atoms with van der Waals surface area (Å²) in [6.45, 7) is 3.56. The van der Waals surface area contributed by atoms with E-state index < -0.39 is 29.4 Å². The van der Waals surface area contributed by atoms with Crippen LogP contribution in [0.15, 0.2) is 30.3 Å². The number of carboxylic acids is 1. The Bertz CT molecular complexity index is 1160. The third kappa shape index (κ3) is 3.89. The third-order valence-corrected chi connectivity index (χ3v) is 5.92. The van der Waals surface area contributed by atoms with Crippen molar-refractivity contribution in [3.8, 4) is 5.75 Å². The van der Waals surface area contributed by atoms with E-state index in [9.17, 15) is 24.2 Å². The second-order valence-electron chi connectivity index (χ2n) is 7.12. The first-order chi connectivity index (χ1) is 14.2. The third-order valence-electron chi connectivity index (χ3n) is 5.18. The lowest BCUT2D eigenvalue weighted by Crippen LogP contribution is -2.16. The molecule has 8 heteroatoms. The average molecular weight is 452 g/mol. The van der Waals surface area contributed by atoms with Gasteiger partial charge in [-0.1, -0.05) is 43.0 Å². The first-order valence-electron chi connectivity index (χ1n) is 9.43. The van der Waals surface area contributed by atoms with Gasteiger partial charge in [0.2, 0.25) is 0 Å². The highest BCUT2D eigenvalue weighted by molar-refractivity contribution is 6.42. The summed E-state index contributed by atoms with van der Waals surface area (Å²) < 4.78 is 15.4. The second-order valence-corrected chi connectivity index (χ2v) is 7.94. The Morgan fingerprint density at radius 3 is 2.47 bits per heavy atom. The summed E-state index contributed by atoms with van der Waals surface area (Å²) in [6, 6.07) is 6.58. The molecule has 2 N–H and O–H groups in total. The number of rotatable bonds is 6. The Morgan fingerprint density at radius 2 is 1.87 bits per heavy atom. The van der Waals surface area contributed by atoms with Crippen molar-refractivity contribution in [3.05, 3.63) is 63.0 Å². The van der Waals surface area contributed by atoms with Gasteiger partial charge in [0.1, 0.15) is 0 Å². The van der Waals surface area contributed by atoms with Crippen LogP contribution in [0.3, 0.4) is 0 Å². The molecule has 158 valence electrons. The summed E-state index contributed by atoms with van der Waals surface area (Å²) in [7, 11) is 0. The van der Waals surface area contributed by atoms with Crippen molar-refractivity contribution in [1.82, 2.24) is 4.57 Å². The molecule has 1 atom stereocenters. The lowest BCUT2D eigenvalue weighted by molar-refractivity contribution is -0.139. The zero-order valence-corrected chi connectivity index (χ0v) is 17.9. The maximum Gasteiger partial charge on any atom is 0.311 e. The van der Waals surface area contributed by atoms with Crippen LogP contribution >= 0.6 is 23.2 Å². The molecule has 3 aromatic rings. The number of unbranched alkanes of at least 4 members (excludes halogenated alkanes) is 1. The molecular weight excluding hydrogens is 432 g/mol. The van der Waals surface area contributed by atoms with Crippen molar-refractivity contribution in [3.63, 3.8) is 0 Å². The zero-order valence-electron chi connectivity index (χ0n) is 16.4. The van der Waals surface area contributed by atoms with Gasteiger partial charge in [-0.15, -0.1) is 0 Å². The Hall–Kier alpha value is -2.57. The van der Waals surface area contributed by atoms with E-state index in [4.69, 9.17) is 23.2 Å². The number of aromatic hydroxyl groups is 1. The highest BCUT2D eigenvalue weighted by Crippen LogP contribution is 2.38. The zero-order chi connectivity index (χ0) is 22.2. The number of hydrogen-bond acceptors (Lipinski definition) is 3. The van der Waals surface area contributed by atoms with E-state index >= 15 is 0 Å². The molecule has 0 bridgehead atoms. The first-order valence-corrected chi connectivity index (χ1v) is 10.2. The lowest BCUT2D eigenvalue weighted by Gasteiger charge is -2.14. The molecule has 0 saturated carbocycles. The number of carbonyl (C=O) groups excluding carboxylic acids is 1. The van der Waals surface area contributed by atoms with Gasteiger partial charge in [0.15, 0.2) is 11.6 Å². The minimum atomic E-state index is -1.04. The van der Waals surface area contributed by atoms with Crippen LogP contribution in [0.4, 0.5) is 4.39 Å². The standard InChI is InChI=1S/C22H20Cl2FNO4/c1-3-4-5-13(22(29)30)20-11(2)26(18-10-17(25)19(27)9-14(18)20)21(28)12-6-7-15(23)16(24)8-12/h6-10,13,27H,3-5H2,1-2H3,(H,29,30)/t13-/m0/s1.